The van der Waals surface area contributed by atoms with Crippen LogP contribution in [0.2, 0.25) is 0 Å². The Bertz CT molecular complexity index is 758. The predicted molar refractivity (Wildman–Crippen MR) is 120 cm³/mol. The van der Waals surface area contributed by atoms with Gasteiger partial charge in [0, 0.05) is 26.2 Å². The van der Waals surface area contributed by atoms with Crippen LogP contribution >= 0.6 is 0 Å². The van der Waals surface area contributed by atoms with Crippen molar-refractivity contribution in [3.8, 4) is 11.5 Å². The second kappa shape index (κ2) is 11.4. The summed E-state index contributed by atoms with van der Waals surface area (Å²) >= 11 is 0. The topological polar surface area (TPSA) is 59.1 Å². The van der Waals surface area contributed by atoms with Gasteiger partial charge in [-0.25, -0.2) is 0 Å². The normalized spacial score (nSPS) is 16.2. The minimum absolute atomic E-state index is 0.0202. The Morgan fingerprint density at radius 1 is 0.710 bits per heavy atom. The summed E-state index contributed by atoms with van der Waals surface area (Å²) in [6, 6.07) is 18.8. The highest BCUT2D eigenvalue weighted by atomic mass is 16.5. The number of hydrogen-bond acceptors (Lipinski definition) is 4. The minimum Gasteiger partial charge on any atom is -0.481 e. The zero-order valence-electron chi connectivity index (χ0n) is 18.4. The van der Waals surface area contributed by atoms with Gasteiger partial charge in [-0.15, -0.1) is 0 Å². The second-order valence-electron chi connectivity index (χ2n) is 7.66. The Morgan fingerprint density at radius 3 is 1.45 bits per heavy atom. The Morgan fingerprint density at radius 2 is 1.10 bits per heavy atom. The van der Waals surface area contributed by atoms with E-state index in [1.807, 2.05) is 84.3 Å². The van der Waals surface area contributed by atoms with Crippen molar-refractivity contribution in [1.82, 2.24) is 9.80 Å². The van der Waals surface area contributed by atoms with Crippen molar-refractivity contribution in [3.05, 3.63) is 60.7 Å². The van der Waals surface area contributed by atoms with Gasteiger partial charge in [-0.3, -0.25) is 9.59 Å². The standard InChI is InChI=1S/C25H32N2O4/c1-3-22(30-20-12-7-5-8-13-20)24(28)26-16-11-17-27(19-18-26)25(29)23(4-2)31-21-14-9-6-10-15-21/h5-10,12-15,22-23H,3-4,11,16-19H2,1-2H3/t22-,23-/m0/s1. The summed E-state index contributed by atoms with van der Waals surface area (Å²) in [4.78, 5) is 29.8. The molecule has 2 aromatic carbocycles. The number of ether oxygens (including phenoxy) is 2. The third kappa shape index (κ3) is 6.23. The van der Waals surface area contributed by atoms with E-state index in [-0.39, 0.29) is 11.8 Å². The van der Waals surface area contributed by atoms with Crippen LogP contribution in [-0.2, 0) is 9.59 Å². The molecule has 0 unspecified atom stereocenters. The number of carbonyl (C=O) groups excluding carboxylic acids is 2. The third-order valence-corrected chi connectivity index (χ3v) is 5.45. The predicted octanol–water partition coefficient (Wildman–Crippen LogP) is 3.76. The lowest BCUT2D eigenvalue weighted by Gasteiger charge is -2.27. The van der Waals surface area contributed by atoms with Crippen LogP contribution in [0.1, 0.15) is 33.1 Å². The fourth-order valence-corrected chi connectivity index (χ4v) is 3.71. The molecule has 0 bridgehead atoms. The van der Waals surface area contributed by atoms with Crippen LogP contribution in [0.25, 0.3) is 0 Å². The minimum atomic E-state index is -0.519. The molecule has 166 valence electrons. The molecular weight excluding hydrogens is 392 g/mol. The lowest BCUT2D eigenvalue weighted by atomic mass is 10.2. The maximum Gasteiger partial charge on any atom is 0.263 e. The molecule has 2 atom stereocenters. The highest BCUT2D eigenvalue weighted by Gasteiger charge is 2.30. The molecule has 0 spiro atoms. The van der Waals surface area contributed by atoms with Crippen LogP contribution in [0.15, 0.2) is 60.7 Å². The molecule has 6 nitrogen and oxygen atoms in total. The number of carbonyl (C=O) groups is 2. The molecule has 0 saturated carbocycles. The van der Waals surface area contributed by atoms with Crippen molar-refractivity contribution < 1.29 is 19.1 Å². The highest BCUT2D eigenvalue weighted by Crippen LogP contribution is 2.17. The van der Waals surface area contributed by atoms with Crippen LogP contribution in [0.3, 0.4) is 0 Å². The number of rotatable bonds is 8. The lowest BCUT2D eigenvalue weighted by Crippen LogP contribution is -2.46. The maximum absolute atomic E-state index is 13.1. The van der Waals surface area contributed by atoms with E-state index in [1.54, 1.807) is 0 Å². The zero-order valence-corrected chi connectivity index (χ0v) is 18.4. The summed E-state index contributed by atoms with van der Waals surface area (Å²) in [6.07, 6.45) is 0.885. The van der Waals surface area contributed by atoms with Crippen molar-refractivity contribution >= 4 is 11.8 Å². The summed E-state index contributed by atoms with van der Waals surface area (Å²) < 4.78 is 11.8. The first kappa shape index (κ1) is 22.7. The number of benzene rings is 2. The lowest BCUT2D eigenvalue weighted by molar-refractivity contribution is -0.141. The van der Waals surface area contributed by atoms with Crippen molar-refractivity contribution in [3.63, 3.8) is 0 Å². The van der Waals surface area contributed by atoms with E-state index in [9.17, 15) is 9.59 Å². The van der Waals surface area contributed by atoms with Gasteiger partial charge in [-0.1, -0.05) is 50.2 Å². The molecule has 1 saturated heterocycles. The summed E-state index contributed by atoms with van der Waals surface area (Å²) in [5.41, 5.74) is 0. The molecule has 0 aromatic heterocycles. The average molecular weight is 425 g/mol. The molecule has 1 aliphatic heterocycles. The summed E-state index contributed by atoms with van der Waals surface area (Å²) in [6.45, 7) is 6.14. The van der Waals surface area contributed by atoms with Gasteiger partial charge in [0.05, 0.1) is 0 Å². The summed E-state index contributed by atoms with van der Waals surface area (Å²) in [7, 11) is 0. The van der Waals surface area contributed by atoms with E-state index in [2.05, 4.69) is 0 Å². The largest absolute Gasteiger partial charge is 0.481 e. The first-order valence-electron chi connectivity index (χ1n) is 11.1. The number of hydrogen-bond donors (Lipinski definition) is 0. The van der Waals surface area contributed by atoms with Crippen molar-refractivity contribution in [2.75, 3.05) is 26.2 Å². The Hall–Kier alpha value is -3.02. The first-order valence-corrected chi connectivity index (χ1v) is 11.1. The summed E-state index contributed by atoms with van der Waals surface area (Å²) in [5.74, 6) is 1.35. The smallest absolute Gasteiger partial charge is 0.263 e. The van der Waals surface area contributed by atoms with Gasteiger partial charge in [-0.2, -0.15) is 0 Å². The van der Waals surface area contributed by atoms with Crippen LogP contribution in [0, 0.1) is 0 Å². The summed E-state index contributed by atoms with van der Waals surface area (Å²) in [5, 5.41) is 0. The van der Waals surface area contributed by atoms with E-state index in [0.717, 1.165) is 6.42 Å². The average Bonchev–Trinajstić information content (AvgIpc) is 3.08. The molecule has 1 heterocycles. The molecule has 2 amide bonds. The molecule has 0 N–H and O–H groups in total. The SMILES string of the molecule is CC[C@H](Oc1ccccc1)C(=O)N1CCCN(C(=O)[C@H](CC)Oc2ccccc2)CC1. The van der Waals surface area contributed by atoms with Gasteiger partial charge in [0.2, 0.25) is 0 Å². The second-order valence-corrected chi connectivity index (χ2v) is 7.66. The van der Waals surface area contributed by atoms with E-state index in [0.29, 0.717) is 50.5 Å². The fraction of sp³-hybridized carbons (Fsp3) is 0.440. The van der Waals surface area contributed by atoms with Gasteiger partial charge in [0.1, 0.15) is 11.5 Å². The van der Waals surface area contributed by atoms with E-state index in [4.69, 9.17) is 9.47 Å². The van der Waals surface area contributed by atoms with Crippen LogP contribution in [0.4, 0.5) is 0 Å². The van der Waals surface area contributed by atoms with Gasteiger partial charge in [0.25, 0.3) is 11.8 Å². The number of nitrogens with zero attached hydrogens (tertiary/aromatic N) is 2. The fourth-order valence-electron chi connectivity index (χ4n) is 3.71. The Labute approximate surface area is 184 Å². The molecule has 2 aromatic rings. The molecule has 0 radical (unpaired) electrons. The quantitative estimate of drug-likeness (QED) is 0.647. The van der Waals surface area contributed by atoms with Crippen LogP contribution in [-0.4, -0.2) is 60.0 Å². The zero-order chi connectivity index (χ0) is 22.1. The molecule has 1 aliphatic rings. The Kier molecular flexibility index (Phi) is 8.33. The van der Waals surface area contributed by atoms with Crippen molar-refractivity contribution in [2.45, 2.75) is 45.3 Å². The molecule has 0 aliphatic carbocycles. The van der Waals surface area contributed by atoms with E-state index >= 15 is 0 Å². The molecule has 1 fully saturated rings. The Balaban J connectivity index is 1.58. The van der Waals surface area contributed by atoms with Gasteiger partial charge in [-0.05, 0) is 43.5 Å². The molecule has 6 heteroatoms. The number of para-hydroxylation sites is 2. The van der Waals surface area contributed by atoms with Crippen molar-refractivity contribution in [1.29, 1.82) is 0 Å². The first-order chi connectivity index (χ1) is 15.1. The molecule has 3 rings (SSSR count). The molecular formula is C25H32N2O4. The molecule has 31 heavy (non-hydrogen) atoms. The van der Waals surface area contributed by atoms with Gasteiger partial charge in [0.15, 0.2) is 12.2 Å². The number of amides is 2. The monoisotopic (exact) mass is 424 g/mol. The van der Waals surface area contributed by atoms with Crippen LogP contribution < -0.4 is 9.47 Å². The highest BCUT2D eigenvalue weighted by molar-refractivity contribution is 5.83. The third-order valence-electron chi connectivity index (χ3n) is 5.45. The van der Waals surface area contributed by atoms with Gasteiger partial charge < -0.3 is 19.3 Å². The maximum atomic E-state index is 13.1. The van der Waals surface area contributed by atoms with Crippen LogP contribution in [0.5, 0.6) is 11.5 Å². The van der Waals surface area contributed by atoms with E-state index < -0.39 is 12.2 Å². The van der Waals surface area contributed by atoms with Crippen molar-refractivity contribution in [2.24, 2.45) is 0 Å². The van der Waals surface area contributed by atoms with Gasteiger partial charge >= 0.3 is 0 Å². The van der Waals surface area contributed by atoms with E-state index in [1.165, 1.54) is 0 Å².